The molecule has 1 amide bonds. The van der Waals surface area contributed by atoms with E-state index in [1.165, 1.54) is 10.8 Å². The van der Waals surface area contributed by atoms with Crippen molar-refractivity contribution in [2.45, 2.75) is 31.3 Å². The van der Waals surface area contributed by atoms with Crippen molar-refractivity contribution in [1.29, 1.82) is 0 Å². The fraction of sp³-hybridized carbons (Fsp3) is 0.500. The van der Waals surface area contributed by atoms with Crippen molar-refractivity contribution in [2.24, 2.45) is 0 Å². The molecule has 1 aromatic heterocycles. The van der Waals surface area contributed by atoms with Crippen LogP contribution in [0.1, 0.15) is 35.8 Å². The summed E-state index contributed by atoms with van der Waals surface area (Å²) in [5.41, 5.74) is -0.144. The van der Waals surface area contributed by atoms with Crippen LogP contribution in [0.2, 0.25) is 0 Å². The van der Waals surface area contributed by atoms with Gasteiger partial charge in [-0.25, -0.2) is 4.79 Å². The molecular weight excluding hydrogens is 282 g/mol. The zero-order chi connectivity index (χ0) is 15.6. The van der Waals surface area contributed by atoms with Gasteiger partial charge in [-0.1, -0.05) is 0 Å². The maximum Gasteiger partial charge on any atom is 0.326 e. The van der Waals surface area contributed by atoms with E-state index >= 15 is 0 Å². The highest BCUT2D eigenvalue weighted by atomic mass is 16.6. The van der Waals surface area contributed by atoms with Crippen molar-refractivity contribution >= 4 is 17.6 Å². The third-order valence-electron chi connectivity index (χ3n) is 3.24. The van der Waals surface area contributed by atoms with Gasteiger partial charge >= 0.3 is 5.97 Å². The summed E-state index contributed by atoms with van der Waals surface area (Å²) in [5.74, 6) is -1.97. The Kier molecular flexibility index (Phi) is 4.22. The predicted molar refractivity (Wildman–Crippen MR) is 70.0 cm³/mol. The van der Waals surface area contributed by atoms with Crippen LogP contribution in [0.25, 0.3) is 0 Å². The molecule has 114 valence electrons. The molecule has 0 aromatic carbocycles. The zero-order valence-corrected chi connectivity index (χ0v) is 11.1. The van der Waals surface area contributed by atoms with Gasteiger partial charge in [0.1, 0.15) is 11.7 Å². The monoisotopic (exact) mass is 297 g/mol. The number of nitro groups is 1. The molecule has 1 aliphatic rings. The van der Waals surface area contributed by atoms with Crippen molar-refractivity contribution in [1.82, 2.24) is 9.88 Å². The summed E-state index contributed by atoms with van der Waals surface area (Å²) in [6, 6.07) is -0.0596. The van der Waals surface area contributed by atoms with Crippen LogP contribution < -0.4 is 5.32 Å². The van der Waals surface area contributed by atoms with Gasteiger partial charge < -0.3 is 20.1 Å². The Bertz CT molecular complexity index is 578. The van der Waals surface area contributed by atoms with E-state index < -0.39 is 22.8 Å². The van der Waals surface area contributed by atoms with E-state index in [2.05, 4.69) is 5.32 Å². The van der Waals surface area contributed by atoms with Gasteiger partial charge in [-0.2, -0.15) is 0 Å². The number of carboxylic acids is 1. The fourth-order valence-electron chi connectivity index (χ4n) is 2.02. The first-order valence-electron chi connectivity index (χ1n) is 6.44. The number of nitrogens with zero attached hydrogens (tertiary/aromatic N) is 2. The van der Waals surface area contributed by atoms with E-state index in [0.717, 1.165) is 18.9 Å². The van der Waals surface area contributed by atoms with Gasteiger partial charge in [0.2, 0.25) is 0 Å². The van der Waals surface area contributed by atoms with Crippen molar-refractivity contribution in [3.8, 4) is 0 Å². The molecule has 0 aliphatic heterocycles. The number of aliphatic hydroxyl groups excluding tert-OH is 1. The summed E-state index contributed by atoms with van der Waals surface area (Å²) in [6.45, 7) is -0.388. The number of aliphatic carboxylic acids is 1. The number of carboxylic acid groups (broad SMARTS) is 1. The number of nitrogens with one attached hydrogen (secondary N) is 1. The summed E-state index contributed by atoms with van der Waals surface area (Å²) < 4.78 is 1.51. The highest BCUT2D eigenvalue weighted by molar-refractivity contribution is 5.96. The minimum absolute atomic E-state index is 0.0422. The Morgan fingerprint density at radius 1 is 1.52 bits per heavy atom. The Morgan fingerprint density at radius 2 is 2.19 bits per heavy atom. The molecule has 1 unspecified atom stereocenters. The van der Waals surface area contributed by atoms with Crippen molar-refractivity contribution in [3.05, 3.63) is 28.1 Å². The molecule has 21 heavy (non-hydrogen) atoms. The molecule has 1 atom stereocenters. The molecule has 1 aromatic rings. The average Bonchev–Trinajstić information content (AvgIpc) is 3.16. The van der Waals surface area contributed by atoms with Crippen LogP contribution in [0.5, 0.6) is 0 Å². The lowest BCUT2D eigenvalue weighted by atomic mass is 10.2. The van der Waals surface area contributed by atoms with Crippen LogP contribution in [0.3, 0.4) is 0 Å². The highest BCUT2D eigenvalue weighted by Crippen LogP contribution is 2.37. The Morgan fingerprint density at radius 3 is 2.67 bits per heavy atom. The smallest absolute Gasteiger partial charge is 0.326 e. The normalized spacial score (nSPS) is 15.5. The molecule has 1 aliphatic carbocycles. The molecule has 1 fully saturated rings. The van der Waals surface area contributed by atoms with Crippen LogP contribution in [-0.4, -0.2) is 44.2 Å². The van der Waals surface area contributed by atoms with Crippen LogP contribution in [0, 0.1) is 10.1 Å². The van der Waals surface area contributed by atoms with E-state index in [0.29, 0.717) is 0 Å². The third-order valence-corrected chi connectivity index (χ3v) is 3.24. The second kappa shape index (κ2) is 5.92. The SMILES string of the molecule is O=C(NC(CCO)C(=O)O)c1cc([N+](=O)[O-])cn1C1CC1. The first-order chi connectivity index (χ1) is 9.93. The molecule has 9 nitrogen and oxygen atoms in total. The number of carbonyl (C=O) groups is 2. The van der Waals surface area contributed by atoms with Crippen molar-refractivity contribution < 1.29 is 24.7 Å². The first-order valence-corrected chi connectivity index (χ1v) is 6.44. The van der Waals surface area contributed by atoms with Gasteiger partial charge in [-0.05, 0) is 12.8 Å². The Hall–Kier alpha value is -2.42. The van der Waals surface area contributed by atoms with Gasteiger partial charge in [0.25, 0.3) is 11.6 Å². The Labute approximate surface area is 119 Å². The molecule has 0 spiro atoms. The highest BCUT2D eigenvalue weighted by Gasteiger charge is 2.31. The molecule has 1 saturated carbocycles. The lowest BCUT2D eigenvalue weighted by Crippen LogP contribution is -2.42. The van der Waals surface area contributed by atoms with E-state index in [1.54, 1.807) is 0 Å². The van der Waals surface area contributed by atoms with Crippen LogP contribution in [0.15, 0.2) is 12.3 Å². The quantitative estimate of drug-likeness (QED) is 0.489. The minimum atomic E-state index is -1.27. The molecule has 0 bridgehead atoms. The van der Waals surface area contributed by atoms with E-state index in [1.807, 2.05) is 0 Å². The van der Waals surface area contributed by atoms with Gasteiger partial charge in [0.15, 0.2) is 0 Å². The lowest BCUT2D eigenvalue weighted by molar-refractivity contribution is -0.384. The summed E-state index contributed by atoms with van der Waals surface area (Å²) in [5, 5.41) is 30.8. The molecular formula is C12H15N3O6. The maximum absolute atomic E-state index is 12.1. The number of hydrogen-bond acceptors (Lipinski definition) is 5. The molecule has 0 saturated heterocycles. The first kappa shape index (κ1) is 15.0. The number of rotatable bonds is 7. The van der Waals surface area contributed by atoms with Gasteiger partial charge in [0.05, 0.1) is 11.1 Å². The predicted octanol–water partition coefficient (Wildman–Crippen LogP) is 0.297. The fourth-order valence-corrected chi connectivity index (χ4v) is 2.02. The van der Waals surface area contributed by atoms with Gasteiger partial charge in [-0.15, -0.1) is 0 Å². The molecule has 9 heteroatoms. The number of amides is 1. The third kappa shape index (κ3) is 3.37. The molecule has 2 rings (SSSR count). The standard InChI is InChI=1S/C12H15N3O6/c16-4-3-9(12(18)19)13-11(17)10-5-8(15(20)21)6-14(10)7-1-2-7/h5-7,9,16H,1-4H2,(H,13,17)(H,18,19). The number of hydrogen-bond donors (Lipinski definition) is 3. The van der Waals surface area contributed by atoms with Gasteiger partial charge in [0, 0.05) is 25.1 Å². The van der Waals surface area contributed by atoms with E-state index in [9.17, 15) is 19.7 Å². The van der Waals surface area contributed by atoms with Crippen LogP contribution >= 0.6 is 0 Å². The molecule has 1 heterocycles. The topological polar surface area (TPSA) is 135 Å². The van der Waals surface area contributed by atoms with E-state index in [4.69, 9.17) is 10.2 Å². The van der Waals surface area contributed by atoms with Crippen LogP contribution in [-0.2, 0) is 4.79 Å². The summed E-state index contributed by atoms with van der Waals surface area (Å²) in [6.07, 6.45) is 2.80. The largest absolute Gasteiger partial charge is 0.480 e. The molecule has 3 N–H and O–H groups in total. The maximum atomic E-state index is 12.1. The molecule has 0 radical (unpaired) electrons. The average molecular weight is 297 g/mol. The Balaban J connectivity index is 2.21. The summed E-state index contributed by atoms with van der Waals surface area (Å²) in [4.78, 5) is 33.3. The summed E-state index contributed by atoms with van der Waals surface area (Å²) in [7, 11) is 0. The second-order valence-corrected chi connectivity index (χ2v) is 4.86. The number of aliphatic hydroxyl groups is 1. The van der Waals surface area contributed by atoms with Crippen LogP contribution in [0.4, 0.5) is 5.69 Å². The minimum Gasteiger partial charge on any atom is -0.480 e. The summed E-state index contributed by atoms with van der Waals surface area (Å²) >= 11 is 0. The zero-order valence-electron chi connectivity index (χ0n) is 11.1. The van der Waals surface area contributed by atoms with Gasteiger partial charge in [-0.3, -0.25) is 14.9 Å². The second-order valence-electron chi connectivity index (χ2n) is 4.86. The van der Waals surface area contributed by atoms with Crippen molar-refractivity contribution in [2.75, 3.05) is 6.61 Å². The van der Waals surface area contributed by atoms with Crippen molar-refractivity contribution in [3.63, 3.8) is 0 Å². The number of aromatic nitrogens is 1. The number of carbonyl (C=O) groups excluding carboxylic acids is 1. The lowest BCUT2D eigenvalue weighted by Gasteiger charge is -2.14. The van der Waals surface area contributed by atoms with E-state index in [-0.39, 0.29) is 30.5 Å².